The van der Waals surface area contributed by atoms with Crippen LogP contribution in [0.2, 0.25) is 0 Å². The highest BCUT2D eigenvalue weighted by molar-refractivity contribution is 6.62. The summed E-state index contributed by atoms with van der Waals surface area (Å²) in [7, 11) is -0.257. The molecule has 0 fully saturated rings. The van der Waals surface area contributed by atoms with Crippen LogP contribution >= 0.6 is 0 Å². The Morgan fingerprint density at radius 3 is 2.44 bits per heavy atom. The summed E-state index contributed by atoms with van der Waals surface area (Å²) in [6, 6.07) is 6.93. The molecule has 1 aromatic carbocycles. The van der Waals surface area contributed by atoms with Crippen molar-refractivity contribution in [3.63, 3.8) is 0 Å². The second-order valence-electron chi connectivity index (χ2n) is 5.26. The van der Waals surface area contributed by atoms with E-state index in [1.54, 1.807) is 27.1 Å². The highest BCUT2D eigenvalue weighted by Crippen LogP contribution is 2.24. The monoisotopic (exact) mass is 256 g/mol. The van der Waals surface area contributed by atoms with E-state index in [1.807, 2.05) is 0 Å². The molecular weight excluding hydrogens is 232 g/mol. The first-order valence-corrected chi connectivity index (χ1v) is 8.54. The third-order valence-electron chi connectivity index (χ3n) is 4.28. The van der Waals surface area contributed by atoms with Gasteiger partial charge in [0.05, 0.1) is 9.52 Å². The smallest absolute Gasteiger partial charge is 0.0777 e. The second kappa shape index (κ2) is 5.70. The summed E-state index contributed by atoms with van der Waals surface area (Å²) in [6.07, 6.45) is 5.96. The van der Waals surface area contributed by atoms with Crippen LogP contribution in [0.1, 0.15) is 45.2 Å². The Morgan fingerprint density at radius 1 is 1.11 bits per heavy atom. The molecule has 0 aromatic heterocycles. The summed E-state index contributed by atoms with van der Waals surface area (Å²) >= 11 is 0. The van der Waals surface area contributed by atoms with Gasteiger partial charge in [0.15, 0.2) is 0 Å². The fraction of sp³-hybridized carbons (Fsp3) is 0.412. The Morgan fingerprint density at radius 2 is 1.89 bits per heavy atom. The first-order chi connectivity index (χ1) is 8.67. The predicted octanol–water partition coefficient (Wildman–Crippen LogP) is 3.23. The molecule has 0 aliphatic heterocycles. The van der Waals surface area contributed by atoms with E-state index in [0.29, 0.717) is 0 Å². The van der Waals surface area contributed by atoms with Crippen molar-refractivity contribution in [1.29, 1.82) is 0 Å². The van der Waals surface area contributed by atoms with Gasteiger partial charge in [-0.05, 0) is 44.2 Å². The highest BCUT2D eigenvalue weighted by Gasteiger charge is 2.13. The molecule has 0 spiro atoms. The van der Waals surface area contributed by atoms with Crippen LogP contribution in [0.5, 0.6) is 0 Å². The van der Waals surface area contributed by atoms with Gasteiger partial charge >= 0.3 is 0 Å². The zero-order chi connectivity index (χ0) is 13.1. The maximum atomic E-state index is 2.40. The van der Waals surface area contributed by atoms with Gasteiger partial charge in [0.1, 0.15) is 0 Å². The van der Waals surface area contributed by atoms with Gasteiger partial charge in [-0.15, -0.1) is 0 Å². The van der Waals surface area contributed by atoms with E-state index in [2.05, 4.69) is 52.0 Å². The minimum Gasteiger partial charge on any atom is -0.0777 e. The largest absolute Gasteiger partial charge is 0.0835 e. The molecule has 0 heterocycles. The maximum absolute atomic E-state index is 2.40. The Hall–Kier alpha value is -1.08. The molecule has 0 saturated carbocycles. The number of hydrogen-bond donors (Lipinski definition) is 0. The standard InChI is InChI=1S/C17H24Si/c1-5-14-8-7-9-17(15(14)6-2)18-16-11-10-12(3)13(16)4/h7-10H,5-6,11,18H2,1-4H3. The van der Waals surface area contributed by atoms with Gasteiger partial charge in [-0.25, -0.2) is 0 Å². The molecule has 0 saturated heterocycles. The summed E-state index contributed by atoms with van der Waals surface area (Å²) in [5.41, 5.74) is 6.27. The lowest BCUT2D eigenvalue weighted by Gasteiger charge is -2.13. The SMILES string of the molecule is CCc1cccc([SiH2]C2=C(C)C(C)=CC2)c1CC. The van der Waals surface area contributed by atoms with Crippen molar-refractivity contribution in [3.8, 4) is 0 Å². The summed E-state index contributed by atoms with van der Waals surface area (Å²) in [4.78, 5) is 0. The van der Waals surface area contributed by atoms with Crippen LogP contribution in [0, 0.1) is 0 Å². The number of hydrogen-bond acceptors (Lipinski definition) is 0. The van der Waals surface area contributed by atoms with E-state index >= 15 is 0 Å². The zero-order valence-corrected chi connectivity index (χ0v) is 13.6. The van der Waals surface area contributed by atoms with Crippen molar-refractivity contribution in [2.24, 2.45) is 0 Å². The molecular formula is C17H24Si. The van der Waals surface area contributed by atoms with E-state index in [9.17, 15) is 0 Å². The molecule has 1 heteroatoms. The van der Waals surface area contributed by atoms with Gasteiger partial charge in [0, 0.05) is 0 Å². The molecule has 0 unspecified atom stereocenters. The minimum atomic E-state index is -0.257. The molecule has 1 aliphatic carbocycles. The molecule has 1 aromatic rings. The number of rotatable bonds is 4. The Balaban J connectivity index is 2.31. The first kappa shape index (κ1) is 13.4. The van der Waals surface area contributed by atoms with Gasteiger partial charge in [-0.1, -0.05) is 59.7 Å². The van der Waals surface area contributed by atoms with Gasteiger partial charge in [-0.2, -0.15) is 0 Å². The lowest BCUT2D eigenvalue weighted by Crippen LogP contribution is -2.22. The molecule has 2 rings (SSSR count). The second-order valence-corrected chi connectivity index (χ2v) is 7.23. The van der Waals surface area contributed by atoms with Gasteiger partial charge in [-0.3, -0.25) is 0 Å². The molecule has 0 amide bonds. The van der Waals surface area contributed by atoms with E-state index in [4.69, 9.17) is 0 Å². The Kier molecular flexibility index (Phi) is 4.23. The van der Waals surface area contributed by atoms with E-state index < -0.39 is 0 Å². The molecule has 18 heavy (non-hydrogen) atoms. The van der Waals surface area contributed by atoms with Crippen molar-refractivity contribution in [2.45, 2.75) is 47.0 Å². The number of aryl methyl sites for hydroxylation is 1. The third-order valence-corrected chi connectivity index (χ3v) is 6.57. The van der Waals surface area contributed by atoms with Crippen LogP contribution in [-0.2, 0) is 12.8 Å². The Bertz CT molecular complexity index is 506. The fourth-order valence-electron chi connectivity index (χ4n) is 2.93. The molecule has 0 nitrogen and oxygen atoms in total. The summed E-state index contributed by atoms with van der Waals surface area (Å²) in [6.45, 7) is 9.12. The van der Waals surface area contributed by atoms with Crippen molar-refractivity contribution in [1.82, 2.24) is 0 Å². The van der Waals surface area contributed by atoms with Gasteiger partial charge in [0.2, 0.25) is 0 Å². The van der Waals surface area contributed by atoms with Crippen molar-refractivity contribution >= 4 is 14.7 Å². The lowest BCUT2D eigenvalue weighted by molar-refractivity contribution is 1.05. The first-order valence-electron chi connectivity index (χ1n) is 7.12. The molecule has 0 radical (unpaired) electrons. The molecule has 0 atom stereocenters. The van der Waals surface area contributed by atoms with E-state index in [-0.39, 0.29) is 9.52 Å². The molecule has 0 N–H and O–H groups in total. The van der Waals surface area contributed by atoms with Crippen LogP contribution in [0.4, 0.5) is 0 Å². The maximum Gasteiger partial charge on any atom is 0.0835 e. The van der Waals surface area contributed by atoms with Crippen molar-refractivity contribution in [2.75, 3.05) is 0 Å². The van der Waals surface area contributed by atoms with Gasteiger partial charge < -0.3 is 0 Å². The number of benzene rings is 1. The summed E-state index contributed by atoms with van der Waals surface area (Å²) in [5, 5.41) is 3.42. The average Bonchev–Trinajstić information content (AvgIpc) is 2.70. The topological polar surface area (TPSA) is 0 Å². The molecule has 1 aliphatic rings. The van der Waals surface area contributed by atoms with Crippen LogP contribution in [0.25, 0.3) is 0 Å². The fourth-order valence-corrected chi connectivity index (χ4v) is 5.17. The summed E-state index contributed by atoms with van der Waals surface area (Å²) in [5.74, 6) is 0. The van der Waals surface area contributed by atoms with Gasteiger partial charge in [0.25, 0.3) is 0 Å². The van der Waals surface area contributed by atoms with E-state index in [1.165, 1.54) is 24.8 Å². The van der Waals surface area contributed by atoms with Crippen LogP contribution in [0.15, 0.2) is 40.6 Å². The lowest BCUT2D eigenvalue weighted by atomic mass is 10.0. The quantitative estimate of drug-likeness (QED) is 0.726. The van der Waals surface area contributed by atoms with Crippen LogP contribution in [0.3, 0.4) is 0 Å². The molecule has 0 bridgehead atoms. The third kappa shape index (κ3) is 2.51. The van der Waals surface area contributed by atoms with Crippen LogP contribution in [-0.4, -0.2) is 9.52 Å². The normalized spacial score (nSPS) is 15.9. The predicted molar refractivity (Wildman–Crippen MR) is 84.5 cm³/mol. The van der Waals surface area contributed by atoms with Crippen molar-refractivity contribution in [3.05, 3.63) is 51.7 Å². The van der Waals surface area contributed by atoms with Crippen LogP contribution < -0.4 is 5.19 Å². The Labute approximate surface area is 114 Å². The minimum absolute atomic E-state index is 0.257. The zero-order valence-electron chi connectivity index (χ0n) is 12.1. The average molecular weight is 256 g/mol. The number of allylic oxidation sites excluding steroid dienone is 4. The summed E-state index contributed by atoms with van der Waals surface area (Å²) < 4.78 is 0. The highest BCUT2D eigenvalue weighted by atomic mass is 28.2. The molecule has 96 valence electrons. The van der Waals surface area contributed by atoms with Crippen molar-refractivity contribution < 1.29 is 0 Å². The van der Waals surface area contributed by atoms with E-state index in [0.717, 1.165) is 0 Å².